The van der Waals surface area contributed by atoms with E-state index in [1.54, 1.807) is 18.2 Å². The van der Waals surface area contributed by atoms with E-state index in [1.807, 2.05) is 0 Å². The first-order chi connectivity index (χ1) is 9.88. The predicted octanol–water partition coefficient (Wildman–Crippen LogP) is 4.58. The second-order valence-electron chi connectivity index (χ2n) is 5.22. The van der Waals surface area contributed by atoms with Crippen LogP contribution in [-0.4, -0.2) is 11.1 Å². The van der Waals surface area contributed by atoms with E-state index < -0.39 is 5.97 Å². The number of rotatable bonds is 4. The van der Waals surface area contributed by atoms with Crippen molar-refractivity contribution < 1.29 is 9.90 Å². The molecular weight excluding hydrogens is 286 g/mol. The lowest BCUT2D eigenvalue weighted by molar-refractivity contribution is 0.0697. The quantitative estimate of drug-likeness (QED) is 0.869. The standard InChI is InChI=1S/C17H18ClNO2/c1-10-6-12(3)13(7-11(10)2)9-19-14-4-5-16(18)15(8-14)17(20)21/h4-8,19H,9H2,1-3H3,(H,20,21). The molecule has 21 heavy (non-hydrogen) atoms. The van der Waals surface area contributed by atoms with E-state index in [0.717, 1.165) is 5.69 Å². The van der Waals surface area contributed by atoms with E-state index in [9.17, 15) is 4.79 Å². The maximum atomic E-state index is 11.1. The Morgan fingerprint density at radius 2 is 1.76 bits per heavy atom. The SMILES string of the molecule is Cc1cc(C)c(CNc2ccc(Cl)c(C(=O)O)c2)cc1C. The van der Waals surface area contributed by atoms with Crippen LogP contribution in [0.15, 0.2) is 30.3 Å². The minimum absolute atomic E-state index is 0.110. The molecule has 0 aromatic heterocycles. The van der Waals surface area contributed by atoms with Crippen LogP contribution < -0.4 is 5.32 Å². The molecule has 0 aliphatic rings. The fourth-order valence-corrected chi connectivity index (χ4v) is 2.41. The van der Waals surface area contributed by atoms with E-state index >= 15 is 0 Å². The van der Waals surface area contributed by atoms with Crippen LogP contribution in [-0.2, 0) is 6.54 Å². The zero-order chi connectivity index (χ0) is 15.6. The van der Waals surface area contributed by atoms with E-state index in [4.69, 9.17) is 16.7 Å². The number of hydrogen-bond donors (Lipinski definition) is 2. The average Bonchev–Trinajstić information content (AvgIpc) is 2.42. The summed E-state index contributed by atoms with van der Waals surface area (Å²) >= 11 is 5.86. The summed E-state index contributed by atoms with van der Waals surface area (Å²) in [6.45, 7) is 6.91. The molecule has 0 unspecified atom stereocenters. The molecule has 4 heteroatoms. The van der Waals surface area contributed by atoms with Gasteiger partial charge < -0.3 is 10.4 Å². The van der Waals surface area contributed by atoms with Crippen molar-refractivity contribution in [1.29, 1.82) is 0 Å². The van der Waals surface area contributed by atoms with Crippen molar-refractivity contribution in [3.05, 3.63) is 63.2 Å². The van der Waals surface area contributed by atoms with Gasteiger partial charge in [0.2, 0.25) is 0 Å². The van der Waals surface area contributed by atoms with Gasteiger partial charge in [0, 0.05) is 12.2 Å². The lowest BCUT2D eigenvalue weighted by atomic mass is 10.0. The smallest absolute Gasteiger partial charge is 0.337 e. The first-order valence-corrected chi connectivity index (χ1v) is 7.09. The van der Waals surface area contributed by atoms with Gasteiger partial charge in [-0.2, -0.15) is 0 Å². The molecule has 0 aliphatic carbocycles. The molecule has 0 saturated carbocycles. The minimum Gasteiger partial charge on any atom is -0.478 e. The van der Waals surface area contributed by atoms with Crippen LogP contribution in [0.3, 0.4) is 0 Å². The zero-order valence-corrected chi connectivity index (χ0v) is 13.1. The Bertz CT molecular complexity index is 695. The van der Waals surface area contributed by atoms with E-state index in [-0.39, 0.29) is 10.6 Å². The Kier molecular flexibility index (Phi) is 4.53. The van der Waals surface area contributed by atoms with Gasteiger partial charge in [0.1, 0.15) is 0 Å². The molecular formula is C17H18ClNO2. The van der Waals surface area contributed by atoms with Crippen molar-refractivity contribution in [2.45, 2.75) is 27.3 Å². The number of nitrogens with one attached hydrogen (secondary N) is 1. The van der Waals surface area contributed by atoms with Crippen LogP contribution in [0.4, 0.5) is 5.69 Å². The molecule has 0 saturated heterocycles. The third-order valence-corrected chi connectivity index (χ3v) is 3.96. The number of carboxylic acids is 1. The highest BCUT2D eigenvalue weighted by atomic mass is 35.5. The van der Waals surface area contributed by atoms with Crippen LogP contribution in [0.1, 0.15) is 32.6 Å². The maximum absolute atomic E-state index is 11.1. The number of aromatic carboxylic acids is 1. The summed E-state index contributed by atoms with van der Waals surface area (Å²) < 4.78 is 0. The monoisotopic (exact) mass is 303 g/mol. The fraction of sp³-hybridized carbons (Fsp3) is 0.235. The van der Waals surface area contributed by atoms with Crippen LogP contribution in [0, 0.1) is 20.8 Å². The Morgan fingerprint density at radius 1 is 1.10 bits per heavy atom. The molecule has 2 aromatic rings. The highest BCUT2D eigenvalue weighted by Crippen LogP contribution is 2.22. The van der Waals surface area contributed by atoms with E-state index in [2.05, 4.69) is 38.2 Å². The number of halogens is 1. The first-order valence-electron chi connectivity index (χ1n) is 6.72. The molecule has 110 valence electrons. The van der Waals surface area contributed by atoms with E-state index in [0.29, 0.717) is 6.54 Å². The van der Waals surface area contributed by atoms with Gasteiger partial charge in [0.25, 0.3) is 0 Å². The number of benzene rings is 2. The molecule has 3 nitrogen and oxygen atoms in total. The van der Waals surface area contributed by atoms with Crippen molar-refractivity contribution >= 4 is 23.3 Å². The summed E-state index contributed by atoms with van der Waals surface area (Å²) in [5.41, 5.74) is 5.80. The second-order valence-corrected chi connectivity index (χ2v) is 5.62. The van der Waals surface area contributed by atoms with Crippen molar-refractivity contribution in [2.24, 2.45) is 0 Å². The van der Waals surface area contributed by atoms with Gasteiger partial charge in [-0.1, -0.05) is 23.7 Å². The van der Waals surface area contributed by atoms with Crippen LogP contribution in [0.5, 0.6) is 0 Å². The topological polar surface area (TPSA) is 49.3 Å². The highest BCUT2D eigenvalue weighted by Gasteiger charge is 2.09. The molecule has 0 radical (unpaired) electrons. The molecule has 2 rings (SSSR count). The second kappa shape index (κ2) is 6.19. The van der Waals surface area contributed by atoms with Gasteiger partial charge in [-0.3, -0.25) is 0 Å². The van der Waals surface area contributed by atoms with Crippen LogP contribution in [0.2, 0.25) is 5.02 Å². The van der Waals surface area contributed by atoms with Crippen LogP contribution >= 0.6 is 11.6 Å². The molecule has 2 N–H and O–H groups in total. The van der Waals surface area contributed by atoms with Gasteiger partial charge in [-0.25, -0.2) is 4.79 Å². The van der Waals surface area contributed by atoms with Crippen molar-refractivity contribution in [3.8, 4) is 0 Å². The molecule has 2 aromatic carbocycles. The number of carboxylic acid groups (broad SMARTS) is 1. The normalized spacial score (nSPS) is 10.5. The molecule has 0 aliphatic heterocycles. The highest BCUT2D eigenvalue weighted by molar-refractivity contribution is 6.33. The predicted molar refractivity (Wildman–Crippen MR) is 86.4 cm³/mol. The van der Waals surface area contributed by atoms with Crippen molar-refractivity contribution in [2.75, 3.05) is 5.32 Å². The van der Waals surface area contributed by atoms with Gasteiger partial charge in [0.15, 0.2) is 0 Å². The Morgan fingerprint density at radius 3 is 2.43 bits per heavy atom. The number of aryl methyl sites for hydroxylation is 3. The summed E-state index contributed by atoms with van der Waals surface area (Å²) in [5, 5.41) is 12.6. The Hall–Kier alpha value is -2.00. The molecule has 0 spiro atoms. The summed E-state index contributed by atoms with van der Waals surface area (Å²) in [6.07, 6.45) is 0. The Labute approximate surface area is 129 Å². The summed E-state index contributed by atoms with van der Waals surface area (Å²) in [4.78, 5) is 11.1. The van der Waals surface area contributed by atoms with Gasteiger partial charge in [-0.05, 0) is 61.2 Å². The summed E-state index contributed by atoms with van der Waals surface area (Å²) in [7, 11) is 0. The van der Waals surface area contributed by atoms with Gasteiger partial charge in [0.05, 0.1) is 10.6 Å². The lowest BCUT2D eigenvalue weighted by Gasteiger charge is -2.12. The third-order valence-electron chi connectivity index (χ3n) is 3.63. The molecule has 0 atom stereocenters. The van der Waals surface area contributed by atoms with E-state index in [1.165, 1.54) is 22.3 Å². The number of hydrogen-bond acceptors (Lipinski definition) is 2. The summed E-state index contributed by atoms with van der Waals surface area (Å²) in [6, 6.07) is 9.26. The molecule has 0 bridgehead atoms. The van der Waals surface area contributed by atoms with Crippen LogP contribution in [0.25, 0.3) is 0 Å². The van der Waals surface area contributed by atoms with Gasteiger partial charge >= 0.3 is 5.97 Å². The molecule has 0 amide bonds. The average molecular weight is 304 g/mol. The molecule has 0 heterocycles. The number of carbonyl (C=O) groups is 1. The number of anilines is 1. The Balaban J connectivity index is 2.19. The lowest BCUT2D eigenvalue weighted by Crippen LogP contribution is -2.04. The maximum Gasteiger partial charge on any atom is 0.337 e. The van der Waals surface area contributed by atoms with Crippen molar-refractivity contribution in [1.82, 2.24) is 0 Å². The minimum atomic E-state index is -1.02. The summed E-state index contributed by atoms with van der Waals surface area (Å²) in [5.74, 6) is -1.02. The van der Waals surface area contributed by atoms with Crippen molar-refractivity contribution in [3.63, 3.8) is 0 Å². The zero-order valence-electron chi connectivity index (χ0n) is 12.3. The first kappa shape index (κ1) is 15.4. The third kappa shape index (κ3) is 3.56. The largest absolute Gasteiger partial charge is 0.478 e. The van der Waals surface area contributed by atoms with Gasteiger partial charge in [-0.15, -0.1) is 0 Å². The fourth-order valence-electron chi connectivity index (χ4n) is 2.21. The molecule has 0 fully saturated rings.